The van der Waals surface area contributed by atoms with E-state index in [-0.39, 0.29) is 11.1 Å². The summed E-state index contributed by atoms with van der Waals surface area (Å²) in [6.45, 7) is 5.61. The first-order valence-corrected chi connectivity index (χ1v) is 6.50. The molecule has 0 saturated carbocycles. The average Bonchev–Trinajstić information content (AvgIpc) is 2.69. The summed E-state index contributed by atoms with van der Waals surface area (Å²) in [6.07, 6.45) is 3.76. The second kappa shape index (κ2) is 4.72. The highest BCUT2D eigenvalue weighted by atomic mass is 16.4. The third-order valence-corrected chi connectivity index (χ3v) is 3.70. The molecule has 2 rings (SSSR count). The van der Waals surface area contributed by atoms with E-state index in [4.69, 9.17) is 5.73 Å². The van der Waals surface area contributed by atoms with Crippen LogP contribution < -0.4 is 5.73 Å². The molecule has 1 aliphatic heterocycles. The fraction of sp³-hybridized carbons (Fsp3) is 0.692. The summed E-state index contributed by atoms with van der Waals surface area (Å²) in [4.78, 5) is 15.7. The van der Waals surface area contributed by atoms with Gasteiger partial charge >= 0.3 is 5.97 Å². The monoisotopic (exact) mass is 251 g/mol. The van der Waals surface area contributed by atoms with E-state index < -0.39 is 5.97 Å². The van der Waals surface area contributed by atoms with Gasteiger partial charge in [0.1, 0.15) is 5.82 Å². The largest absolute Gasteiger partial charge is 0.476 e. The number of imidazole rings is 1. The number of aromatic nitrogens is 2. The van der Waals surface area contributed by atoms with Gasteiger partial charge in [-0.1, -0.05) is 13.8 Å². The number of hydrogen-bond donors (Lipinski definition) is 2. The Morgan fingerprint density at radius 3 is 2.83 bits per heavy atom. The van der Waals surface area contributed by atoms with E-state index in [9.17, 15) is 9.90 Å². The van der Waals surface area contributed by atoms with Crippen LogP contribution in [0.5, 0.6) is 0 Å². The average molecular weight is 251 g/mol. The molecule has 1 aromatic heterocycles. The van der Waals surface area contributed by atoms with Crippen LogP contribution in [0.15, 0.2) is 0 Å². The Hall–Kier alpha value is -1.36. The van der Waals surface area contributed by atoms with E-state index in [1.165, 1.54) is 0 Å². The van der Waals surface area contributed by atoms with E-state index in [0.717, 1.165) is 43.7 Å². The van der Waals surface area contributed by atoms with Crippen LogP contribution in [-0.2, 0) is 18.4 Å². The molecule has 2 heterocycles. The summed E-state index contributed by atoms with van der Waals surface area (Å²) in [5, 5.41) is 9.25. The highest BCUT2D eigenvalue weighted by molar-refractivity contribution is 5.87. The van der Waals surface area contributed by atoms with Crippen LogP contribution in [-0.4, -0.2) is 27.2 Å². The molecule has 18 heavy (non-hydrogen) atoms. The number of carbonyl (C=O) groups is 1. The fourth-order valence-electron chi connectivity index (χ4n) is 2.70. The molecule has 100 valence electrons. The van der Waals surface area contributed by atoms with E-state index in [2.05, 4.69) is 23.4 Å². The zero-order valence-corrected chi connectivity index (χ0v) is 11.1. The Labute approximate surface area is 107 Å². The second-order valence-corrected chi connectivity index (χ2v) is 5.57. The predicted molar refractivity (Wildman–Crippen MR) is 68.8 cm³/mol. The number of nitrogens with zero attached hydrogens (tertiary/aromatic N) is 2. The number of rotatable bonds is 4. The van der Waals surface area contributed by atoms with Crippen molar-refractivity contribution >= 4 is 5.97 Å². The van der Waals surface area contributed by atoms with Crippen LogP contribution in [0.4, 0.5) is 0 Å². The molecular weight excluding hydrogens is 230 g/mol. The molecule has 0 radical (unpaired) electrons. The smallest absolute Gasteiger partial charge is 0.356 e. The Morgan fingerprint density at radius 1 is 1.50 bits per heavy atom. The zero-order chi connectivity index (χ0) is 13.3. The van der Waals surface area contributed by atoms with Crippen molar-refractivity contribution in [3.63, 3.8) is 0 Å². The summed E-state index contributed by atoms with van der Waals surface area (Å²) >= 11 is 0. The number of aromatic carboxylic acids is 1. The van der Waals surface area contributed by atoms with E-state index >= 15 is 0 Å². The highest BCUT2D eigenvalue weighted by Crippen LogP contribution is 2.31. The van der Waals surface area contributed by atoms with Gasteiger partial charge in [0.15, 0.2) is 5.69 Å². The molecular formula is C13H21N3O2. The topological polar surface area (TPSA) is 81.1 Å². The van der Waals surface area contributed by atoms with Gasteiger partial charge in [-0.05, 0) is 32.2 Å². The predicted octanol–water partition coefficient (Wildman–Crippen LogP) is 1.54. The minimum Gasteiger partial charge on any atom is -0.476 e. The molecule has 0 saturated heterocycles. The summed E-state index contributed by atoms with van der Waals surface area (Å²) in [5.74, 6) is -0.0458. The van der Waals surface area contributed by atoms with Crippen molar-refractivity contribution in [1.82, 2.24) is 9.55 Å². The number of carboxylic acid groups (broad SMARTS) is 1. The Balaban J connectivity index is 2.51. The molecule has 0 aliphatic carbocycles. The normalized spacial score (nSPS) is 15.5. The van der Waals surface area contributed by atoms with Gasteiger partial charge in [-0.3, -0.25) is 0 Å². The molecule has 0 aromatic carbocycles. The van der Waals surface area contributed by atoms with Crippen LogP contribution >= 0.6 is 0 Å². The number of hydrogen-bond acceptors (Lipinski definition) is 3. The third-order valence-electron chi connectivity index (χ3n) is 3.70. The van der Waals surface area contributed by atoms with Crippen molar-refractivity contribution in [2.75, 3.05) is 6.54 Å². The lowest BCUT2D eigenvalue weighted by Gasteiger charge is -2.26. The number of carboxylic acids is 1. The van der Waals surface area contributed by atoms with Gasteiger partial charge < -0.3 is 15.4 Å². The molecule has 0 unspecified atom stereocenters. The van der Waals surface area contributed by atoms with Crippen molar-refractivity contribution in [3.8, 4) is 0 Å². The van der Waals surface area contributed by atoms with Crippen molar-refractivity contribution in [2.45, 2.75) is 51.5 Å². The molecule has 3 N–H and O–H groups in total. The lowest BCUT2D eigenvalue weighted by molar-refractivity contribution is 0.0689. The first-order chi connectivity index (χ1) is 8.47. The molecule has 0 amide bonds. The lowest BCUT2D eigenvalue weighted by atomic mass is 9.88. The Bertz CT molecular complexity index is 463. The number of fused-ring (bicyclic) bond motifs is 1. The van der Waals surface area contributed by atoms with Gasteiger partial charge in [-0.25, -0.2) is 9.78 Å². The van der Waals surface area contributed by atoms with Crippen LogP contribution in [0.1, 0.15) is 55.1 Å². The lowest BCUT2D eigenvalue weighted by Crippen LogP contribution is -2.27. The zero-order valence-electron chi connectivity index (χ0n) is 11.1. The molecule has 0 atom stereocenters. The first-order valence-electron chi connectivity index (χ1n) is 6.50. The van der Waals surface area contributed by atoms with Crippen molar-refractivity contribution < 1.29 is 9.90 Å². The van der Waals surface area contributed by atoms with Crippen molar-refractivity contribution in [2.24, 2.45) is 5.73 Å². The van der Waals surface area contributed by atoms with Crippen LogP contribution in [0.3, 0.4) is 0 Å². The molecule has 5 nitrogen and oxygen atoms in total. The molecule has 1 aliphatic rings. The van der Waals surface area contributed by atoms with Crippen LogP contribution in [0, 0.1) is 0 Å². The molecule has 0 fully saturated rings. The van der Waals surface area contributed by atoms with E-state index in [1.54, 1.807) is 0 Å². The summed E-state index contributed by atoms with van der Waals surface area (Å²) in [7, 11) is 0. The standard InChI is InChI=1S/C13H21N3O2/c1-13(2,6-7-14)12-15-10(11(17)18)9-5-3-4-8-16(9)12/h3-8,14H2,1-2H3,(H,17,18). The first kappa shape index (κ1) is 13.1. The summed E-state index contributed by atoms with van der Waals surface area (Å²) in [5.41, 5.74) is 6.58. The Morgan fingerprint density at radius 2 is 2.22 bits per heavy atom. The third kappa shape index (κ3) is 2.14. The minimum atomic E-state index is -0.921. The van der Waals surface area contributed by atoms with Crippen molar-refractivity contribution in [3.05, 3.63) is 17.2 Å². The van der Waals surface area contributed by atoms with Crippen LogP contribution in [0.25, 0.3) is 0 Å². The highest BCUT2D eigenvalue weighted by Gasteiger charge is 2.31. The SMILES string of the molecule is CC(C)(CCN)c1nc(C(=O)O)c2n1CCCC2. The van der Waals surface area contributed by atoms with Gasteiger partial charge in [0.05, 0.1) is 5.69 Å². The Kier molecular flexibility index (Phi) is 3.43. The number of nitrogens with two attached hydrogens (primary N) is 1. The van der Waals surface area contributed by atoms with Crippen molar-refractivity contribution in [1.29, 1.82) is 0 Å². The quantitative estimate of drug-likeness (QED) is 0.850. The van der Waals surface area contributed by atoms with Crippen LogP contribution in [0.2, 0.25) is 0 Å². The maximum Gasteiger partial charge on any atom is 0.356 e. The summed E-state index contributed by atoms with van der Waals surface area (Å²) < 4.78 is 2.10. The van der Waals surface area contributed by atoms with E-state index in [0.29, 0.717) is 6.54 Å². The van der Waals surface area contributed by atoms with Gasteiger partial charge in [0.25, 0.3) is 0 Å². The van der Waals surface area contributed by atoms with Gasteiger partial charge in [0.2, 0.25) is 0 Å². The van der Waals surface area contributed by atoms with Gasteiger partial charge in [-0.2, -0.15) is 0 Å². The van der Waals surface area contributed by atoms with Gasteiger partial charge in [-0.15, -0.1) is 0 Å². The molecule has 1 aromatic rings. The summed E-state index contributed by atoms with van der Waals surface area (Å²) in [6, 6.07) is 0. The molecule has 0 spiro atoms. The maximum atomic E-state index is 11.3. The second-order valence-electron chi connectivity index (χ2n) is 5.57. The molecule has 5 heteroatoms. The molecule has 0 bridgehead atoms. The van der Waals surface area contributed by atoms with E-state index in [1.807, 2.05) is 0 Å². The van der Waals surface area contributed by atoms with Gasteiger partial charge in [0, 0.05) is 12.0 Å². The maximum absolute atomic E-state index is 11.3. The minimum absolute atomic E-state index is 0.172. The fourth-order valence-corrected chi connectivity index (χ4v) is 2.70.